The molecule has 0 unspecified atom stereocenters. The van der Waals surface area contributed by atoms with E-state index in [4.69, 9.17) is 9.84 Å². The molecule has 0 heterocycles. The van der Waals surface area contributed by atoms with Gasteiger partial charge in [-0.2, -0.15) is 0 Å². The van der Waals surface area contributed by atoms with Crippen LogP contribution in [0, 0.1) is 11.8 Å². The van der Waals surface area contributed by atoms with Crippen LogP contribution < -0.4 is 0 Å². The molecule has 0 fully saturated rings. The third-order valence-corrected chi connectivity index (χ3v) is 3.34. The first-order chi connectivity index (χ1) is 10.3. The number of rotatable bonds is 5. The zero-order valence-corrected chi connectivity index (χ0v) is 13.3. The van der Waals surface area contributed by atoms with E-state index in [-0.39, 0.29) is 6.61 Å². The van der Waals surface area contributed by atoms with Crippen molar-refractivity contribution >= 4 is 15.9 Å². The van der Waals surface area contributed by atoms with E-state index < -0.39 is 0 Å². The SMILES string of the molecule is OCCC#Cc1ccc(COCc2cccc(Br)c2)cc1. The molecule has 2 nitrogen and oxygen atoms in total. The summed E-state index contributed by atoms with van der Waals surface area (Å²) in [7, 11) is 0. The number of aliphatic hydroxyl groups excluding tert-OH is 1. The van der Waals surface area contributed by atoms with Crippen LogP contribution in [0.25, 0.3) is 0 Å². The fraction of sp³-hybridized carbons (Fsp3) is 0.222. The molecule has 1 N–H and O–H groups in total. The van der Waals surface area contributed by atoms with Crippen molar-refractivity contribution in [2.24, 2.45) is 0 Å². The van der Waals surface area contributed by atoms with Gasteiger partial charge in [0.1, 0.15) is 0 Å². The van der Waals surface area contributed by atoms with Crippen molar-refractivity contribution in [3.63, 3.8) is 0 Å². The van der Waals surface area contributed by atoms with Crippen molar-refractivity contribution in [3.8, 4) is 11.8 Å². The zero-order chi connectivity index (χ0) is 14.9. The topological polar surface area (TPSA) is 29.5 Å². The van der Waals surface area contributed by atoms with Gasteiger partial charge in [-0.05, 0) is 35.4 Å². The highest BCUT2D eigenvalue weighted by molar-refractivity contribution is 9.10. The van der Waals surface area contributed by atoms with Gasteiger partial charge in [0.25, 0.3) is 0 Å². The maximum Gasteiger partial charge on any atom is 0.0721 e. The lowest BCUT2D eigenvalue weighted by atomic mass is 10.1. The molecule has 0 aliphatic heterocycles. The number of benzene rings is 2. The zero-order valence-electron chi connectivity index (χ0n) is 11.7. The van der Waals surface area contributed by atoms with Crippen LogP contribution in [0.1, 0.15) is 23.1 Å². The van der Waals surface area contributed by atoms with Crippen LogP contribution in [-0.4, -0.2) is 11.7 Å². The van der Waals surface area contributed by atoms with Crippen LogP contribution in [0.2, 0.25) is 0 Å². The van der Waals surface area contributed by atoms with E-state index in [1.807, 2.05) is 42.5 Å². The Morgan fingerprint density at radius 1 is 1.00 bits per heavy atom. The Balaban J connectivity index is 1.82. The molecule has 2 rings (SSSR count). The average Bonchev–Trinajstić information content (AvgIpc) is 2.49. The lowest BCUT2D eigenvalue weighted by Crippen LogP contribution is -1.94. The van der Waals surface area contributed by atoms with E-state index in [1.54, 1.807) is 0 Å². The Hall–Kier alpha value is -1.60. The molecule has 3 heteroatoms. The maximum atomic E-state index is 8.67. The molecule has 0 aliphatic rings. The van der Waals surface area contributed by atoms with Crippen LogP contribution in [0.3, 0.4) is 0 Å². The number of ether oxygens (including phenoxy) is 1. The summed E-state index contributed by atoms with van der Waals surface area (Å²) in [4.78, 5) is 0. The van der Waals surface area contributed by atoms with Gasteiger partial charge in [0, 0.05) is 16.5 Å². The summed E-state index contributed by atoms with van der Waals surface area (Å²) in [5, 5.41) is 8.67. The largest absolute Gasteiger partial charge is 0.395 e. The van der Waals surface area contributed by atoms with E-state index in [0.717, 1.165) is 21.2 Å². The van der Waals surface area contributed by atoms with Crippen molar-refractivity contribution in [2.75, 3.05) is 6.61 Å². The first kappa shape index (κ1) is 15.8. The lowest BCUT2D eigenvalue weighted by Gasteiger charge is -2.05. The summed E-state index contributed by atoms with van der Waals surface area (Å²) in [5.41, 5.74) is 3.23. The summed E-state index contributed by atoms with van der Waals surface area (Å²) in [5.74, 6) is 5.91. The van der Waals surface area contributed by atoms with Crippen LogP contribution in [0.5, 0.6) is 0 Å². The molecule has 0 aliphatic carbocycles. The van der Waals surface area contributed by atoms with E-state index in [1.165, 1.54) is 0 Å². The van der Waals surface area contributed by atoms with Crippen molar-refractivity contribution in [1.82, 2.24) is 0 Å². The van der Waals surface area contributed by atoms with Gasteiger partial charge >= 0.3 is 0 Å². The van der Waals surface area contributed by atoms with Crippen LogP contribution in [0.4, 0.5) is 0 Å². The minimum Gasteiger partial charge on any atom is -0.395 e. The molecule has 0 spiro atoms. The number of hydrogen-bond acceptors (Lipinski definition) is 2. The fourth-order valence-electron chi connectivity index (χ4n) is 1.82. The Morgan fingerprint density at radius 2 is 1.76 bits per heavy atom. The van der Waals surface area contributed by atoms with Crippen LogP contribution >= 0.6 is 15.9 Å². The molecule has 0 bridgehead atoms. The second-order valence-corrected chi connectivity index (χ2v) is 5.51. The quantitative estimate of drug-likeness (QED) is 0.833. The molecule has 0 saturated carbocycles. The smallest absolute Gasteiger partial charge is 0.0721 e. The number of hydrogen-bond donors (Lipinski definition) is 1. The number of halogens is 1. The van der Waals surface area contributed by atoms with Gasteiger partial charge in [-0.3, -0.25) is 0 Å². The second kappa shape index (κ2) is 8.63. The van der Waals surface area contributed by atoms with Crippen molar-refractivity contribution < 1.29 is 9.84 Å². The van der Waals surface area contributed by atoms with Gasteiger partial charge in [-0.25, -0.2) is 0 Å². The van der Waals surface area contributed by atoms with Crippen molar-refractivity contribution in [3.05, 3.63) is 69.7 Å². The highest BCUT2D eigenvalue weighted by atomic mass is 79.9. The van der Waals surface area contributed by atoms with E-state index >= 15 is 0 Å². The van der Waals surface area contributed by atoms with Crippen LogP contribution in [0.15, 0.2) is 53.0 Å². The predicted octanol–water partition coefficient (Wildman–Crippen LogP) is 3.90. The van der Waals surface area contributed by atoms with E-state index in [9.17, 15) is 0 Å². The van der Waals surface area contributed by atoms with Crippen LogP contribution in [-0.2, 0) is 18.0 Å². The summed E-state index contributed by atoms with van der Waals surface area (Å²) in [6.07, 6.45) is 0.511. The Labute approximate surface area is 133 Å². The van der Waals surface area contributed by atoms with Gasteiger partial charge in [0.2, 0.25) is 0 Å². The van der Waals surface area contributed by atoms with Gasteiger partial charge in [0.05, 0.1) is 19.8 Å². The molecule has 0 radical (unpaired) electrons. The molecular weight excluding hydrogens is 328 g/mol. The molecule has 2 aromatic carbocycles. The molecule has 0 aromatic heterocycles. The molecular formula is C18H17BrO2. The summed E-state index contributed by atoms with van der Waals surface area (Å²) in [6.45, 7) is 1.28. The fourth-order valence-corrected chi connectivity index (χ4v) is 2.26. The Kier molecular flexibility index (Phi) is 6.49. The number of aliphatic hydroxyl groups is 1. The van der Waals surface area contributed by atoms with Gasteiger partial charge in [-0.1, -0.05) is 52.0 Å². The molecule has 2 aromatic rings. The average molecular weight is 345 g/mol. The lowest BCUT2D eigenvalue weighted by molar-refractivity contribution is 0.107. The Morgan fingerprint density at radius 3 is 2.48 bits per heavy atom. The van der Waals surface area contributed by atoms with E-state index in [0.29, 0.717) is 19.6 Å². The molecule has 0 saturated heterocycles. The van der Waals surface area contributed by atoms with E-state index in [2.05, 4.69) is 33.8 Å². The minimum atomic E-state index is 0.106. The second-order valence-electron chi connectivity index (χ2n) is 4.60. The molecule has 108 valence electrons. The monoisotopic (exact) mass is 344 g/mol. The third kappa shape index (κ3) is 5.73. The molecule has 0 amide bonds. The molecule has 0 atom stereocenters. The first-order valence-electron chi connectivity index (χ1n) is 6.79. The summed E-state index contributed by atoms with van der Waals surface area (Å²) < 4.78 is 6.77. The minimum absolute atomic E-state index is 0.106. The summed E-state index contributed by atoms with van der Waals surface area (Å²) in [6, 6.07) is 16.1. The van der Waals surface area contributed by atoms with Gasteiger partial charge in [0.15, 0.2) is 0 Å². The normalized spacial score (nSPS) is 10.0. The first-order valence-corrected chi connectivity index (χ1v) is 7.58. The standard InChI is InChI=1S/C18H17BrO2/c19-18-6-3-5-17(12-18)14-21-13-16-9-7-15(8-10-16)4-1-2-11-20/h3,5-10,12,20H,2,11,13-14H2. The van der Waals surface area contributed by atoms with Gasteiger partial charge < -0.3 is 9.84 Å². The van der Waals surface area contributed by atoms with Gasteiger partial charge in [-0.15, -0.1) is 0 Å². The van der Waals surface area contributed by atoms with Crippen molar-refractivity contribution in [1.29, 1.82) is 0 Å². The molecule has 21 heavy (non-hydrogen) atoms. The maximum absolute atomic E-state index is 8.67. The highest BCUT2D eigenvalue weighted by Gasteiger charge is 1.97. The summed E-state index contributed by atoms with van der Waals surface area (Å²) >= 11 is 3.45. The van der Waals surface area contributed by atoms with Crippen molar-refractivity contribution in [2.45, 2.75) is 19.6 Å². The third-order valence-electron chi connectivity index (χ3n) is 2.85. The Bertz CT molecular complexity index is 624. The highest BCUT2D eigenvalue weighted by Crippen LogP contribution is 2.13. The predicted molar refractivity (Wildman–Crippen MR) is 87.7 cm³/mol.